The lowest BCUT2D eigenvalue weighted by molar-refractivity contribution is -0.131. The largest absolute Gasteiger partial charge is 0.511 e. The number of aliphatic carboxylic acids is 1. The Morgan fingerprint density at radius 2 is 2.22 bits per heavy atom. The van der Waals surface area contributed by atoms with Crippen molar-refractivity contribution < 1.29 is 15.0 Å². The van der Waals surface area contributed by atoms with Gasteiger partial charge >= 0.3 is 5.97 Å². The van der Waals surface area contributed by atoms with Crippen LogP contribution in [0.2, 0.25) is 0 Å². The first-order valence-electron chi connectivity index (χ1n) is 2.16. The SMILES string of the molecule is N#CC/C(O)=C/C(=O)O. The topological polar surface area (TPSA) is 81.3 Å². The minimum absolute atomic E-state index is 0.258. The van der Waals surface area contributed by atoms with E-state index in [1.807, 2.05) is 0 Å². The van der Waals surface area contributed by atoms with Crippen LogP contribution in [0.1, 0.15) is 6.42 Å². The monoisotopic (exact) mass is 127 g/mol. The van der Waals surface area contributed by atoms with Crippen molar-refractivity contribution >= 4 is 5.97 Å². The zero-order valence-corrected chi connectivity index (χ0v) is 4.53. The molecular weight excluding hydrogens is 122 g/mol. The van der Waals surface area contributed by atoms with Gasteiger partial charge in [0.25, 0.3) is 0 Å². The van der Waals surface area contributed by atoms with Crippen LogP contribution in [0.25, 0.3) is 0 Å². The predicted molar refractivity (Wildman–Crippen MR) is 28.6 cm³/mol. The van der Waals surface area contributed by atoms with Crippen molar-refractivity contribution in [1.82, 2.24) is 0 Å². The van der Waals surface area contributed by atoms with Crippen LogP contribution in [-0.2, 0) is 4.79 Å². The summed E-state index contributed by atoms with van der Waals surface area (Å²) in [6, 6.07) is 1.59. The summed E-state index contributed by atoms with van der Waals surface area (Å²) in [5.41, 5.74) is 0. The molecule has 0 saturated heterocycles. The number of carboxylic acids is 1. The van der Waals surface area contributed by atoms with Crippen molar-refractivity contribution in [2.24, 2.45) is 0 Å². The first-order chi connectivity index (χ1) is 4.16. The van der Waals surface area contributed by atoms with Crippen molar-refractivity contribution in [3.05, 3.63) is 11.8 Å². The molecule has 0 radical (unpaired) electrons. The number of aliphatic hydroxyl groups is 1. The maximum atomic E-state index is 9.74. The number of aliphatic hydroxyl groups excluding tert-OH is 1. The first kappa shape index (κ1) is 7.50. The fourth-order valence-electron chi connectivity index (χ4n) is 0.275. The number of nitriles is 1. The maximum absolute atomic E-state index is 9.74. The lowest BCUT2D eigenvalue weighted by Crippen LogP contribution is -1.90. The van der Waals surface area contributed by atoms with E-state index in [1.165, 1.54) is 0 Å². The van der Waals surface area contributed by atoms with Gasteiger partial charge in [0.2, 0.25) is 0 Å². The zero-order chi connectivity index (χ0) is 7.28. The lowest BCUT2D eigenvalue weighted by Gasteiger charge is -1.85. The van der Waals surface area contributed by atoms with E-state index in [-0.39, 0.29) is 6.42 Å². The van der Waals surface area contributed by atoms with Gasteiger partial charge < -0.3 is 10.2 Å². The van der Waals surface area contributed by atoms with Gasteiger partial charge in [-0.3, -0.25) is 0 Å². The highest BCUT2D eigenvalue weighted by Gasteiger charge is 1.93. The molecule has 9 heavy (non-hydrogen) atoms. The molecule has 0 aromatic rings. The summed E-state index contributed by atoms with van der Waals surface area (Å²) in [5.74, 6) is -1.67. The van der Waals surface area contributed by atoms with Crippen LogP contribution in [-0.4, -0.2) is 16.2 Å². The van der Waals surface area contributed by atoms with Crippen molar-refractivity contribution in [2.75, 3.05) is 0 Å². The second-order valence-corrected chi connectivity index (χ2v) is 1.31. The van der Waals surface area contributed by atoms with Gasteiger partial charge in [-0.1, -0.05) is 0 Å². The molecule has 0 spiro atoms. The summed E-state index contributed by atoms with van der Waals surface area (Å²) in [6.07, 6.45) is 0.329. The molecule has 0 rings (SSSR count). The minimum atomic E-state index is -1.25. The number of carboxylic acid groups (broad SMARTS) is 1. The molecule has 0 heterocycles. The number of rotatable bonds is 2. The molecule has 0 aromatic heterocycles. The van der Waals surface area contributed by atoms with E-state index in [9.17, 15) is 4.79 Å². The molecule has 0 aliphatic rings. The van der Waals surface area contributed by atoms with Crippen LogP contribution in [0.3, 0.4) is 0 Å². The zero-order valence-electron chi connectivity index (χ0n) is 4.53. The first-order valence-corrected chi connectivity index (χ1v) is 2.16. The summed E-state index contributed by atoms with van der Waals surface area (Å²) in [7, 11) is 0. The Morgan fingerprint density at radius 1 is 1.67 bits per heavy atom. The quantitative estimate of drug-likeness (QED) is 0.416. The highest BCUT2D eigenvalue weighted by molar-refractivity contribution is 5.80. The molecule has 4 nitrogen and oxygen atoms in total. The Morgan fingerprint density at radius 3 is 2.56 bits per heavy atom. The van der Waals surface area contributed by atoms with Gasteiger partial charge in [-0.05, 0) is 0 Å². The minimum Gasteiger partial charge on any atom is -0.511 e. The van der Waals surface area contributed by atoms with Gasteiger partial charge in [-0.15, -0.1) is 0 Å². The normalized spacial score (nSPS) is 10.3. The van der Waals surface area contributed by atoms with Crippen LogP contribution in [0, 0.1) is 11.3 Å². The van der Waals surface area contributed by atoms with E-state index >= 15 is 0 Å². The molecule has 0 saturated carbocycles. The van der Waals surface area contributed by atoms with Crippen LogP contribution >= 0.6 is 0 Å². The fourth-order valence-corrected chi connectivity index (χ4v) is 0.275. The number of hydrogen-bond acceptors (Lipinski definition) is 3. The Kier molecular flexibility index (Phi) is 2.91. The molecule has 0 aliphatic carbocycles. The molecule has 0 unspecified atom stereocenters. The van der Waals surface area contributed by atoms with Gasteiger partial charge in [0.05, 0.1) is 18.6 Å². The van der Waals surface area contributed by atoms with E-state index in [0.29, 0.717) is 6.08 Å². The Hall–Kier alpha value is -1.50. The van der Waals surface area contributed by atoms with Crippen molar-refractivity contribution in [2.45, 2.75) is 6.42 Å². The van der Waals surface area contributed by atoms with Gasteiger partial charge in [-0.2, -0.15) is 5.26 Å². The smallest absolute Gasteiger partial charge is 0.331 e. The van der Waals surface area contributed by atoms with Gasteiger partial charge in [0, 0.05) is 0 Å². The second kappa shape index (κ2) is 3.50. The summed E-state index contributed by atoms with van der Waals surface area (Å²) in [4.78, 5) is 9.74. The van der Waals surface area contributed by atoms with Gasteiger partial charge in [0.1, 0.15) is 5.76 Å². The van der Waals surface area contributed by atoms with Crippen LogP contribution < -0.4 is 0 Å². The van der Waals surface area contributed by atoms with Crippen molar-refractivity contribution in [1.29, 1.82) is 5.26 Å². The Labute approximate surface area is 51.7 Å². The average molecular weight is 127 g/mol. The van der Waals surface area contributed by atoms with E-state index < -0.39 is 11.7 Å². The second-order valence-electron chi connectivity index (χ2n) is 1.31. The Bertz CT molecular complexity index is 177. The van der Waals surface area contributed by atoms with Crippen LogP contribution in [0.5, 0.6) is 0 Å². The summed E-state index contributed by atoms with van der Waals surface area (Å²) < 4.78 is 0. The molecule has 0 fully saturated rings. The maximum Gasteiger partial charge on any atom is 0.331 e. The van der Waals surface area contributed by atoms with E-state index in [1.54, 1.807) is 6.07 Å². The molecule has 48 valence electrons. The van der Waals surface area contributed by atoms with Gasteiger partial charge in [0.15, 0.2) is 0 Å². The van der Waals surface area contributed by atoms with Gasteiger partial charge in [-0.25, -0.2) is 4.79 Å². The Balaban J connectivity index is 3.88. The van der Waals surface area contributed by atoms with Crippen molar-refractivity contribution in [3.8, 4) is 6.07 Å². The number of nitrogens with zero attached hydrogens (tertiary/aromatic N) is 1. The third-order valence-electron chi connectivity index (χ3n) is 0.550. The summed E-state index contributed by atoms with van der Waals surface area (Å²) in [5, 5.41) is 24.3. The highest BCUT2D eigenvalue weighted by Crippen LogP contribution is 1.91. The fraction of sp³-hybridized carbons (Fsp3) is 0.200. The standard InChI is InChI=1S/C5H5NO3/c6-2-1-4(7)3-5(8)9/h3,7H,1H2,(H,8,9)/b4-3-. The van der Waals surface area contributed by atoms with E-state index in [4.69, 9.17) is 15.5 Å². The molecule has 4 heteroatoms. The molecule has 0 aromatic carbocycles. The van der Waals surface area contributed by atoms with E-state index in [2.05, 4.69) is 0 Å². The number of allylic oxidation sites excluding steroid dienone is 1. The average Bonchev–Trinajstić information content (AvgIpc) is 1.63. The number of carbonyl (C=O) groups is 1. The van der Waals surface area contributed by atoms with Crippen LogP contribution in [0.4, 0.5) is 0 Å². The molecule has 0 bridgehead atoms. The third kappa shape index (κ3) is 4.35. The van der Waals surface area contributed by atoms with Crippen LogP contribution in [0.15, 0.2) is 11.8 Å². The molecule has 0 atom stereocenters. The summed E-state index contributed by atoms with van der Waals surface area (Å²) >= 11 is 0. The van der Waals surface area contributed by atoms with E-state index in [0.717, 1.165) is 0 Å². The third-order valence-corrected chi connectivity index (χ3v) is 0.550. The predicted octanol–water partition coefficient (Wildman–Crippen LogP) is 0.427. The molecular formula is C5H5NO3. The summed E-state index contributed by atoms with van der Waals surface area (Å²) in [6.45, 7) is 0. The lowest BCUT2D eigenvalue weighted by atomic mass is 10.3. The highest BCUT2D eigenvalue weighted by atomic mass is 16.4. The number of hydrogen-bond donors (Lipinski definition) is 2. The molecule has 0 amide bonds. The molecule has 0 aliphatic heterocycles. The van der Waals surface area contributed by atoms with Crippen molar-refractivity contribution in [3.63, 3.8) is 0 Å². The molecule has 2 N–H and O–H groups in total.